The first kappa shape index (κ1) is 12.6. The minimum atomic E-state index is 0.0674. The molecule has 1 atom stereocenters. The minimum Gasteiger partial charge on any atom is -0.354 e. The maximum absolute atomic E-state index is 12.2. The van der Waals surface area contributed by atoms with Crippen LogP contribution in [0.15, 0.2) is 18.5 Å². The van der Waals surface area contributed by atoms with Gasteiger partial charge in [0.25, 0.3) is 0 Å². The third-order valence-electron chi connectivity index (χ3n) is 4.19. The van der Waals surface area contributed by atoms with Crippen molar-refractivity contribution in [3.8, 4) is 0 Å². The molecule has 1 aliphatic heterocycles. The van der Waals surface area contributed by atoms with E-state index in [9.17, 15) is 4.79 Å². The lowest BCUT2D eigenvalue weighted by Crippen LogP contribution is -2.44. The van der Waals surface area contributed by atoms with E-state index >= 15 is 0 Å². The van der Waals surface area contributed by atoms with Crippen LogP contribution in [0.4, 0.5) is 5.82 Å². The summed E-state index contributed by atoms with van der Waals surface area (Å²) < 4.78 is 1.67. The van der Waals surface area contributed by atoms with Gasteiger partial charge in [0, 0.05) is 19.1 Å². The highest BCUT2D eigenvalue weighted by atomic mass is 16.2. The van der Waals surface area contributed by atoms with Crippen molar-refractivity contribution in [2.24, 2.45) is 5.92 Å². The highest BCUT2D eigenvalue weighted by Gasteiger charge is 2.30. The summed E-state index contributed by atoms with van der Waals surface area (Å²) in [4.78, 5) is 14.4. The van der Waals surface area contributed by atoms with Crippen LogP contribution < -0.4 is 10.2 Å². The fourth-order valence-electron chi connectivity index (χ4n) is 2.83. The molecule has 110 valence electrons. The van der Waals surface area contributed by atoms with Crippen molar-refractivity contribution in [2.75, 3.05) is 18.0 Å². The second kappa shape index (κ2) is 4.98. The summed E-state index contributed by atoms with van der Waals surface area (Å²) in [5.74, 6) is 1.15. The lowest BCUT2D eigenvalue weighted by Gasteiger charge is -2.32. The number of piperidine rings is 1. The Kier molecular flexibility index (Phi) is 2.98. The van der Waals surface area contributed by atoms with Gasteiger partial charge in [-0.05, 0) is 37.8 Å². The van der Waals surface area contributed by atoms with Gasteiger partial charge < -0.3 is 10.2 Å². The fraction of sp³-hybridized carbons (Fsp3) is 0.571. The van der Waals surface area contributed by atoms with Crippen LogP contribution in [0.2, 0.25) is 0 Å². The molecular weight excluding hydrogens is 268 g/mol. The normalized spacial score (nSPS) is 22.5. The molecule has 0 aromatic carbocycles. The quantitative estimate of drug-likeness (QED) is 0.895. The van der Waals surface area contributed by atoms with Crippen molar-refractivity contribution in [3.63, 3.8) is 0 Å². The standard InChI is InChI=1S/C14H18N6O/c21-14(16-11-3-4-11)10-2-1-7-19(8-10)13-6-5-12-17-15-9-20(12)18-13/h5-6,9-11H,1-4,7-8H2,(H,16,21)/t10-/m0/s1. The van der Waals surface area contributed by atoms with Crippen molar-refractivity contribution in [2.45, 2.75) is 31.7 Å². The molecule has 0 unspecified atom stereocenters. The van der Waals surface area contributed by atoms with E-state index in [2.05, 4.69) is 25.5 Å². The summed E-state index contributed by atoms with van der Waals surface area (Å²) in [5, 5.41) is 15.4. The van der Waals surface area contributed by atoms with E-state index in [0.29, 0.717) is 6.04 Å². The Labute approximate surface area is 122 Å². The van der Waals surface area contributed by atoms with Crippen LogP contribution in [0.3, 0.4) is 0 Å². The molecule has 7 heteroatoms. The van der Waals surface area contributed by atoms with Crippen molar-refractivity contribution in [3.05, 3.63) is 18.5 Å². The number of nitrogens with one attached hydrogen (secondary N) is 1. The predicted molar refractivity (Wildman–Crippen MR) is 76.9 cm³/mol. The van der Waals surface area contributed by atoms with Gasteiger partial charge in [0.2, 0.25) is 5.91 Å². The van der Waals surface area contributed by atoms with Crippen molar-refractivity contribution in [1.29, 1.82) is 0 Å². The van der Waals surface area contributed by atoms with Crippen LogP contribution in [0, 0.1) is 5.92 Å². The number of carbonyl (C=O) groups excluding carboxylic acids is 1. The Morgan fingerprint density at radius 3 is 3.05 bits per heavy atom. The second-order valence-electron chi connectivity index (χ2n) is 5.89. The van der Waals surface area contributed by atoms with Gasteiger partial charge in [-0.25, -0.2) is 0 Å². The second-order valence-corrected chi connectivity index (χ2v) is 5.89. The maximum Gasteiger partial charge on any atom is 0.225 e. The molecule has 0 radical (unpaired) electrons. The Morgan fingerprint density at radius 1 is 1.29 bits per heavy atom. The molecule has 3 heterocycles. The number of aromatic nitrogens is 4. The monoisotopic (exact) mass is 286 g/mol. The summed E-state index contributed by atoms with van der Waals surface area (Å²) >= 11 is 0. The number of hydrogen-bond acceptors (Lipinski definition) is 5. The van der Waals surface area contributed by atoms with Crippen molar-refractivity contribution >= 4 is 17.4 Å². The van der Waals surface area contributed by atoms with E-state index in [0.717, 1.165) is 50.2 Å². The van der Waals surface area contributed by atoms with E-state index in [4.69, 9.17) is 0 Å². The van der Waals surface area contributed by atoms with E-state index in [1.165, 1.54) is 0 Å². The third kappa shape index (κ3) is 2.55. The Bertz CT molecular complexity index is 664. The average Bonchev–Trinajstić information content (AvgIpc) is 3.20. The zero-order valence-corrected chi connectivity index (χ0v) is 11.8. The summed E-state index contributed by atoms with van der Waals surface area (Å²) in [6, 6.07) is 4.29. The molecule has 2 fully saturated rings. The molecule has 2 aromatic heterocycles. The Morgan fingerprint density at radius 2 is 2.19 bits per heavy atom. The molecule has 4 rings (SSSR count). The van der Waals surface area contributed by atoms with E-state index < -0.39 is 0 Å². The number of amides is 1. The van der Waals surface area contributed by atoms with Gasteiger partial charge in [-0.3, -0.25) is 4.79 Å². The molecule has 7 nitrogen and oxygen atoms in total. The van der Waals surface area contributed by atoms with Crippen molar-refractivity contribution < 1.29 is 4.79 Å². The van der Waals surface area contributed by atoms with Crippen molar-refractivity contribution in [1.82, 2.24) is 25.1 Å². The number of anilines is 1. The largest absolute Gasteiger partial charge is 0.354 e. The van der Waals surface area contributed by atoms with E-state index in [1.807, 2.05) is 12.1 Å². The maximum atomic E-state index is 12.2. The zero-order chi connectivity index (χ0) is 14.2. The van der Waals surface area contributed by atoms with Crippen LogP contribution in [-0.4, -0.2) is 44.8 Å². The summed E-state index contributed by atoms with van der Waals surface area (Å²) in [5.41, 5.74) is 0.735. The molecule has 0 spiro atoms. The van der Waals surface area contributed by atoms with E-state index in [-0.39, 0.29) is 11.8 Å². The minimum absolute atomic E-state index is 0.0674. The molecule has 1 N–H and O–H groups in total. The van der Waals surface area contributed by atoms with E-state index in [1.54, 1.807) is 10.8 Å². The number of nitrogens with zero attached hydrogens (tertiary/aromatic N) is 5. The first-order valence-electron chi connectivity index (χ1n) is 7.52. The highest BCUT2D eigenvalue weighted by Crippen LogP contribution is 2.24. The smallest absolute Gasteiger partial charge is 0.225 e. The lowest BCUT2D eigenvalue weighted by atomic mass is 9.97. The first-order chi connectivity index (χ1) is 10.3. The number of hydrogen-bond donors (Lipinski definition) is 1. The van der Waals surface area contributed by atoms with Crippen LogP contribution in [-0.2, 0) is 4.79 Å². The number of fused-ring (bicyclic) bond motifs is 1. The molecule has 2 aromatic rings. The molecule has 21 heavy (non-hydrogen) atoms. The molecule has 2 aliphatic rings. The summed E-state index contributed by atoms with van der Waals surface area (Å²) in [6.07, 6.45) is 5.84. The molecular formula is C14H18N6O. The first-order valence-corrected chi connectivity index (χ1v) is 7.52. The van der Waals surface area contributed by atoms with Gasteiger partial charge in [-0.1, -0.05) is 0 Å². The molecule has 1 saturated heterocycles. The fourth-order valence-corrected chi connectivity index (χ4v) is 2.83. The third-order valence-corrected chi connectivity index (χ3v) is 4.19. The Hall–Kier alpha value is -2.18. The SMILES string of the molecule is O=C(NC1CC1)[C@H]1CCCN(c2ccc3nncn3n2)C1. The number of rotatable bonds is 3. The highest BCUT2D eigenvalue weighted by molar-refractivity contribution is 5.80. The molecule has 0 bridgehead atoms. The number of carbonyl (C=O) groups is 1. The van der Waals surface area contributed by atoms with Gasteiger partial charge in [0.05, 0.1) is 5.92 Å². The van der Waals surface area contributed by atoms with Gasteiger partial charge in [-0.15, -0.1) is 15.3 Å². The predicted octanol–water partition coefficient (Wildman–Crippen LogP) is 0.619. The molecule has 1 saturated carbocycles. The molecule has 1 aliphatic carbocycles. The summed E-state index contributed by atoms with van der Waals surface area (Å²) in [6.45, 7) is 1.67. The van der Waals surface area contributed by atoms with Gasteiger partial charge in [0.1, 0.15) is 12.1 Å². The zero-order valence-electron chi connectivity index (χ0n) is 11.8. The van der Waals surface area contributed by atoms with Crippen LogP contribution in [0.25, 0.3) is 5.65 Å². The van der Waals surface area contributed by atoms with Crippen LogP contribution in [0.5, 0.6) is 0 Å². The Balaban J connectivity index is 1.49. The van der Waals surface area contributed by atoms with Gasteiger partial charge in [0.15, 0.2) is 5.65 Å². The van der Waals surface area contributed by atoms with Crippen LogP contribution in [0.1, 0.15) is 25.7 Å². The topological polar surface area (TPSA) is 75.4 Å². The lowest BCUT2D eigenvalue weighted by molar-refractivity contribution is -0.125. The van der Waals surface area contributed by atoms with Gasteiger partial charge >= 0.3 is 0 Å². The van der Waals surface area contributed by atoms with Crippen LogP contribution >= 0.6 is 0 Å². The van der Waals surface area contributed by atoms with Gasteiger partial charge in [-0.2, -0.15) is 4.52 Å². The average molecular weight is 286 g/mol. The molecule has 1 amide bonds. The summed E-state index contributed by atoms with van der Waals surface area (Å²) in [7, 11) is 0.